The van der Waals surface area contributed by atoms with Crippen LogP contribution in [0.25, 0.3) is 0 Å². The third kappa shape index (κ3) is 3.64. The second-order valence-electron chi connectivity index (χ2n) is 4.67. The van der Waals surface area contributed by atoms with Crippen molar-refractivity contribution in [1.82, 2.24) is 0 Å². The molecule has 1 aliphatic carbocycles. The topological polar surface area (TPSA) is 0 Å². The zero-order valence-electron chi connectivity index (χ0n) is 9.21. The van der Waals surface area contributed by atoms with Crippen LogP contribution in [0.1, 0.15) is 44.1 Å². The highest BCUT2D eigenvalue weighted by Crippen LogP contribution is 2.27. The molecular formula is C14H19Br. The summed E-state index contributed by atoms with van der Waals surface area (Å²) in [6.07, 6.45) is 9.96. The summed E-state index contributed by atoms with van der Waals surface area (Å²) < 4.78 is 1.21. The summed E-state index contributed by atoms with van der Waals surface area (Å²) >= 11 is 3.53. The van der Waals surface area contributed by atoms with Gasteiger partial charge in [-0.15, -0.1) is 0 Å². The summed E-state index contributed by atoms with van der Waals surface area (Å²) in [5.41, 5.74) is 1.48. The van der Waals surface area contributed by atoms with Crippen LogP contribution >= 0.6 is 15.9 Å². The maximum atomic E-state index is 3.53. The molecule has 0 atom stereocenters. The summed E-state index contributed by atoms with van der Waals surface area (Å²) in [4.78, 5) is 0. The van der Waals surface area contributed by atoms with Gasteiger partial charge in [0.2, 0.25) is 0 Å². The molecule has 1 aromatic rings. The van der Waals surface area contributed by atoms with Crippen LogP contribution < -0.4 is 0 Å². The van der Waals surface area contributed by atoms with Gasteiger partial charge in [-0.3, -0.25) is 0 Å². The minimum atomic E-state index is 0.998. The first-order valence-corrected chi connectivity index (χ1v) is 6.88. The molecule has 0 radical (unpaired) electrons. The first-order valence-electron chi connectivity index (χ1n) is 6.09. The molecule has 0 bridgehead atoms. The highest BCUT2D eigenvalue weighted by Gasteiger charge is 2.12. The molecule has 0 unspecified atom stereocenters. The number of halogens is 1. The van der Waals surface area contributed by atoms with Gasteiger partial charge in [-0.05, 0) is 36.5 Å². The third-order valence-electron chi connectivity index (χ3n) is 3.46. The lowest BCUT2D eigenvalue weighted by Gasteiger charge is -2.21. The van der Waals surface area contributed by atoms with Crippen molar-refractivity contribution in [2.24, 2.45) is 5.92 Å². The van der Waals surface area contributed by atoms with Gasteiger partial charge in [0.15, 0.2) is 0 Å². The van der Waals surface area contributed by atoms with Crippen molar-refractivity contribution in [3.8, 4) is 0 Å². The number of hydrogen-bond donors (Lipinski definition) is 0. The Morgan fingerprint density at radius 1 is 1.13 bits per heavy atom. The molecule has 0 aliphatic heterocycles. The van der Waals surface area contributed by atoms with Crippen molar-refractivity contribution >= 4 is 15.9 Å². The van der Waals surface area contributed by atoms with Crippen molar-refractivity contribution in [3.63, 3.8) is 0 Å². The zero-order chi connectivity index (χ0) is 10.5. The fraction of sp³-hybridized carbons (Fsp3) is 0.571. The van der Waals surface area contributed by atoms with Gasteiger partial charge in [0.25, 0.3) is 0 Å². The van der Waals surface area contributed by atoms with Crippen LogP contribution in [0, 0.1) is 5.92 Å². The van der Waals surface area contributed by atoms with E-state index in [1.54, 1.807) is 0 Å². The number of rotatable bonds is 3. The van der Waals surface area contributed by atoms with Crippen molar-refractivity contribution in [1.29, 1.82) is 0 Å². The largest absolute Gasteiger partial charge is 0.0609 e. The van der Waals surface area contributed by atoms with Gasteiger partial charge < -0.3 is 0 Å². The van der Waals surface area contributed by atoms with E-state index in [9.17, 15) is 0 Å². The van der Waals surface area contributed by atoms with Gasteiger partial charge in [-0.1, -0.05) is 60.2 Å². The number of aryl methyl sites for hydroxylation is 1. The van der Waals surface area contributed by atoms with Gasteiger partial charge in [0, 0.05) is 4.47 Å². The fourth-order valence-corrected chi connectivity index (χ4v) is 2.99. The van der Waals surface area contributed by atoms with Crippen LogP contribution in [0.3, 0.4) is 0 Å². The van der Waals surface area contributed by atoms with E-state index in [4.69, 9.17) is 0 Å². The molecule has 1 aliphatic rings. The average Bonchev–Trinajstić information content (AvgIpc) is 2.28. The SMILES string of the molecule is Brc1cccc(CCC2CCCCC2)c1. The lowest BCUT2D eigenvalue weighted by molar-refractivity contribution is 0.339. The van der Waals surface area contributed by atoms with E-state index in [0.29, 0.717) is 0 Å². The highest BCUT2D eigenvalue weighted by atomic mass is 79.9. The van der Waals surface area contributed by atoms with Gasteiger partial charge in [-0.2, -0.15) is 0 Å². The normalized spacial score (nSPS) is 17.9. The van der Waals surface area contributed by atoms with Crippen LogP contribution in [0.15, 0.2) is 28.7 Å². The quantitative estimate of drug-likeness (QED) is 0.726. The smallest absolute Gasteiger partial charge is 0.0177 e. The molecule has 1 heteroatoms. The molecule has 2 rings (SSSR count). The van der Waals surface area contributed by atoms with Gasteiger partial charge in [0.05, 0.1) is 0 Å². The van der Waals surface area contributed by atoms with Crippen LogP contribution in [0.4, 0.5) is 0 Å². The first-order chi connectivity index (χ1) is 7.34. The fourth-order valence-electron chi connectivity index (χ4n) is 2.54. The molecule has 0 N–H and O–H groups in total. The van der Waals surface area contributed by atoms with E-state index in [-0.39, 0.29) is 0 Å². The zero-order valence-corrected chi connectivity index (χ0v) is 10.8. The first kappa shape index (κ1) is 11.2. The molecule has 0 aromatic heterocycles. The molecule has 82 valence electrons. The highest BCUT2D eigenvalue weighted by molar-refractivity contribution is 9.10. The average molecular weight is 267 g/mol. The standard InChI is InChI=1S/C14H19Br/c15-14-8-4-7-13(11-14)10-9-12-5-2-1-3-6-12/h4,7-8,11-12H,1-3,5-6,9-10H2. The van der Waals surface area contributed by atoms with E-state index < -0.39 is 0 Å². The van der Waals surface area contributed by atoms with Crippen molar-refractivity contribution < 1.29 is 0 Å². The molecule has 0 amide bonds. The van der Waals surface area contributed by atoms with Gasteiger partial charge >= 0.3 is 0 Å². The molecule has 15 heavy (non-hydrogen) atoms. The predicted molar refractivity (Wildman–Crippen MR) is 69.0 cm³/mol. The van der Waals surface area contributed by atoms with Gasteiger partial charge in [0.1, 0.15) is 0 Å². The second kappa shape index (κ2) is 5.69. The van der Waals surface area contributed by atoms with Crippen molar-refractivity contribution in [3.05, 3.63) is 34.3 Å². The summed E-state index contributed by atoms with van der Waals surface area (Å²) in [6, 6.07) is 8.74. The minimum Gasteiger partial charge on any atom is -0.0609 e. The van der Waals surface area contributed by atoms with Crippen molar-refractivity contribution in [2.75, 3.05) is 0 Å². The Bertz CT molecular complexity index is 300. The molecule has 1 saturated carbocycles. The lowest BCUT2D eigenvalue weighted by atomic mass is 9.85. The second-order valence-corrected chi connectivity index (χ2v) is 5.59. The summed E-state index contributed by atoms with van der Waals surface area (Å²) in [5, 5.41) is 0. The maximum Gasteiger partial charge on any atom is 0.0177 e. The Morgan fingerprint density at radius 2 is 1.93 bits per heavy atom. The molecule has 1 fully saturated rings. The monoisotopic (exact) mass is 266 g/mol. The molecule has 1 aromatic carbocycles. The van der Waals surface area contributed by atoms with Crippen LogP contribution in [0.2, 0.25) is 0 Å². The van der Waals surface area contributed by atoms with E-state index in [0.717, 1.165) is 5.92 Å². The molecule has 0 saturated heterocycles. The Hall–Kier alpha value is -0.300. The van der Waals surface area contributed by atoms with Crippen LogP contribution in [-0.4, -0.2) is 0 Å². The van der Waals surface area contributed by atoms with E-state index >= 15 is 0 Å². The van der Waals surface area contributed by atoms with Gasteiger partial charge in [-0.25, -0.2) is 0 Å². The van der Waals surface area contributed by atoms with E-state index in [2.05, 4.69) is 40.2 Å². The predicted octanol–water partition coefficient (Wildman–Crippen LogP) is 4.96. The summed E-state index contributed by atoms with van der Waals surface area (Å²) in [6.45, 7) is 0. The molecule has 0 spiro atoms. The Morgan fingerprint density at radius 3 is 2.67 bits per heavy atom. The molecular weight excluding hydrogens is 248 g/mol. The number of benzene rings is 1. The maximum absolute atomic E-state index is 3.53. The lowest BCUT2D eigenvalue weighted by Crippen LogP contribution is -2.07. The Labute approximate surface area is 101 Å². The summed E-state index contributed by atoms with van der Waals surface area (Å²) in [7, 11) is 0. The van der Waals surface area contributed by atoms with Crippen molar-refractivity contribution in [2.45, 2.75) is 44.9 Å². The van der Waals surface area contributed by atoms with E-state index in [1.165, 1.54) is 55.0 Å². The molecule has 0 nitrogen and oxygen atoms in total. The molecule has 0 heterocycles. The minimum absolute atomic E-state index is 0.998. The Balaban J connectivity index is 1.81. The van der Waals surface area contributed by atoms with Crippen LogP contribution in [-0.2, 0) is 6.42 Å². The summed E-state index contributed by atoms with van der Waals surface area (Å²) in [5.74, 6) is 0.998. The third-order valence-corrected chi connectivity index (χ3v) is 3.95. The number of hydrogen-bond acceptors (Lipinski definition) is 0. The van der Waals surface area contributed by atoms with Crippen LogP contribution in [0.5, 0.6) is 0 Å². The Kier molecular flexibility index (Phi) is 4.25. The van der Waals surface area contributed by atoms with E-state index in [1.807, 2.05) is 0 Å².